The smallest absolute Gasteiger partial charge is 0.353 e. The molecule has 5 aromatic rings. The van der Waals surface area contributed by atoms with E-state index in [1.807, 2.05) is 30.3 Å². The van der Waals surface area contributed by atoms with Crippen LogP contribution in [0.2, 0.25) is 0 Å². The minimum atomic E-state index is -0.748. The van der Waals surface area contributed by atoms with E-state index in [1.165, 1.54) is 11.0 Å². The maximum Gasteiger partial charge on any atom is 0.353 e. The quantitative estimate of drug-likeness (QED) is 0.257. The highest BCUT2D eigenvalue weighted by atomic mass is 16.2. The van der Waals surface area contributed by atoms with Crippen molar-refractivity contribution in [1.29, 1.82) is 0 Å². The fraction of sp³-hybridized carbons (Fsp3) is 0.0588. The Morgan fingerprint density at radius 1 is 0.879 bits per heavy atom. The third kappa shape index (κ3) is 4.02. The Bertz CT molecular complexity index is 1600. The number of aromatic nitrogens is 10. The topological polar surface area (TPSA) is 227 Å². The molecule has 16 nitrogen and oxygen atoms in total. The molecule has 33 heavy (non-hydrogen) atoms. The summed E-state index contributed by atoms with van der Waals surface area (Å²) in [5.41, 5.74) is 10.1. The third-order valence-corrected chi connectivity index (χ3v) is 4.31. The largest absolute Gasteiger partial charge is 0.364 e. The van der Waals surface area contributed by atoms with Gasteiger partial charge in [-0.25, -0.2) is 33.5 Å². The van der Waals surface area contributed by atoms with Crippen LogP contribution in [0.5, 0.6) is 0 Å². The van der Waals surface area contributed by atoms with Crippen LogP contribution in [-0.4, -0.2) is 61.0 Å². The number of carbonyl (C=O) groups is 2. The van der Waals surface area contributed by atoms with E-state index in [-0.39, 0.29) is 29.2 Å². The number of hydrogen-bond acceptors (Lipinski definition) is 10. The van der Waals surface area contributed by atoms with Crippen LogP contribution in [0.25, 0.3) is 11.3 Å². The molecule has 1 aromatic carbocycles. The summed E-state index contributed by atoms with van der Waals surface area (Å²) >= 11 is 0. The first-order chi connectivity index (χ1) is 15.9. The lowest BCUT2D eigenvalue weighted by Crippen LogP contribution is -2.30. The van der Waals surface area contributed by atoms with Crippen LogP contribution < -0.4 is 22.8 Å². The fourth-order valence-electron chi connectivity index (χ4n) is 2.79. The predicted octanol–water partition coefficient (Wildman–Crippen LogP) is -2.66. The Hall–Kier alpha value is -5.28. The summed E-state index contributed by atoms with van der Waals surface area (Å²) in [5, 5.41) is 16.5. The van der Waals surface area contributed by atoms with Crippen LogP contribution in [0.3, 0.4) is 0 Å². The van der Waals surface area contributed by atoms with Gasteiger partial charge >= 0.3 is 11.4 Å². The van der Waals surface area contributed by atoms with Crippen LogP contribution in [-0.2, 0) is 6.54 Å². The zero-order valence-electron chi connectivity index (χ0n) is 16.6. The van der Waals surface area contributed by atoms with Crippen molar-refractivity contribution in [2.24, 2.45) is 11.5 Å². The summed E-state index contributed by atoms with van der Waals surface area (Å²) < 4.78 is 3.39. The number of rotatable bonds is 4. The molecule has 0 unspecified atom stereocenters. The minimum absolute atomic E-state index is 0.0521. The molecular formula is C17H14N12O4. The van der Waals surface area contributed by atoms with Crippen LogP contribution in [0, 0.1) is 0 Å². The van der Waals surface area contributed by atoms with E-state index in [1.54, 1.807) is 0 Å². The van der Waals surface area contributed by atoms with Crippen molar-refractivity contribution >= 4 is 23.1 Å². The molecule has 166 valence electrons. The molecule has 4 aromatic heterocycles. The second-order valence-electron chi connectivity index (χ2n) is 6.43. The van der Waals surface area contributed by atoms with Crippen LogP contribution >= 0.6 is 0 Å². The van der Waals surface area contributed by atoms with Gasteiger partial charge in [0.1, 0.15) is 12.7 Å². The predicted molar refractivity (Wildman–Crippen MR) is 109 cm³/mol. The van der Waals surface area contributed by atoms with Crippen molar-refractivity contribution in [3.8, 4) is 0 Å². The minimum Gasteiger partial charge on any atom is -0.364 e. The molecule has 0 aliphatic carbocycles. The van der Waals surface area contributed by atoms with Gasteiger partial charge in [0.25, 0.3) is 11.8 Å². The summed E-state index contributed by atoms with van der Waals surface area (Å²) in [4.78, 5) is 52.5. The van der Waals surface area contributed by atoms with Crippen molar-refractivity contribution in [3.05, 3.63) is 80.9 Å². The van der Waals surface area contributed by atoms with Crippen molar-refractivity contribution in [3.63, 3.8) is 0 Å². The molecule has 0 fully saturated rings. The summed E-state index contributed by atoms with van der Waals surface area (Å²) in [7, 11) is 0. The van der Waals surface area contributed by atoms with E-state index in [0.717, 1.165) is 20.7 Å². The van der Waals surface area contributed by atoms with Crippen molar-refractivity contribution in [1.82, 2.24) is 49.2 Å². The molecule has 0 aliphatic heterocycles. The van der Waals surface area contributed by atoms with E-state index in [4.69, 9.17) is 11.5 Å². The molecule has 0 aliphatic rings. The molecule has 2 amide bonds. The van der Waals surface area contributed by atoms with Gasteiger partial charge in [0.05, 0.1) is 6.54 Å². The summed E-state index contributed by atoms with van der Waals surface area (Å²) in [5.74, 6) is -1.50. The standard InChI is InChI=1S/C12H10N6O2.C5H4N6O2/c13-10(19)9-11-15-16-18(12(20)17(11)7-14-9)6-8-4-2-1-3-5-8;6-3(12)2-4-8-10-9-5(13)11(4)1-7-2/h1-5,7H,6H2,(H2,13,19);1H,(H2,6,12)(H,8,9,13). The lowest BCUT2D eigenvalue weighted by Gasteiger charge is -2.03. The first-order valence-corrected chi connectivity index (χ1v) is 9.09. The third-order valence-electron chi connectivity index (χ3n) is 4.31. The van der Waals surface area contributed by atoms with Crippen LogP contribution in [0.1, 0.15) is 26.5 Å². The van der Waals surface area contributed by atoms with E-state index < -0.39 is 23.2 Å². The molecule has 0 saturated heterocycles. The maximum absolute atomic E-state index is 12.2. The lowest BCUT2D eigenvalue weighted by atomic mass is 10.2. The van der Waals surface area contributed by atoms with Crippen molar-refractivity contribution in [2.45, 2.75) is 6.54 Å². The highest BCUT2D eigenvalue weighted by molar-refractivity contribution is 5.97. The summed E-state index contributed by atoms with van der Waals surface area (Å²) in [6.07, 6.45) is 2.37. The lowest BCUT2D eigenvalue weighted by molar-refractivity contribution is 0.0989. The number of benzene rings is 1. The number of nitrogens with two attached hydrogens (primary N) is 2. The number of H-pyrrole nitrogens is 1. The number of hydrogen-bond donors (Lipinski definition) is 3. The Balaban J connectivity index is 0.000000172. The first kappa shape index (κ1) is 21.0. The average Bonchev–Trinajstić information content (AvgIpc) is 3.43. The number of carbonyl (C=O) groups excluding carboxylic acids is 2. The molecule has 0 bridgehead atoms. The number of fused-ring (bicyclic) bond motifs is 2. The van der Waals surface area contributed by atoms with Gasteiger partial charge in [0, 0.05) is 0 Å². The number of nitrogens with one attached hydrogen (secondary N) is 1. The summed E-state index contributed by atoms with van der Waals surface area (Å²) in [6, 6.07) is 9.38. The number of primary amides is 2. The summed E-state index contributed by atoms with van der Waals surface area (Å²) in [6.45, 7) is 0.284. The highest BCUT2D eigenvalue weighted by Gasteiger charge is 2.15. The number of nitrogens with zero attached hydrogens (tertiary/aromatic N) is 9. The van der Waals surface area contributed by atoms with Crippen LogP contribution in [0.15, 0.2) is 52.6 Å². The van der Waals surface area contributed by atoms with Crippen molar-refractivity contribution in [2.75, 3.05) is 0 Å². The molecule has 0 atom stereocenters. The molecule has 0 spiro atoms. The molecule has 16 heteroatoms. The van der Waals surface area contributed by atoms with Gasteiger partial charge in [-0.15, -0.1) is 10.2 Å². The first-order valence-electron chi connectivity index (χ1n) is 9.09. The molecule has 5 N–H and O–H groups in total. The normalized spacial score (nSPS) is 10.7. The van der Waals surface area contributed by atoms with Gasteiger partial charge in [-0.05, 0) is 5.56 Å². The fourth-order valence-corrected chi connectivity index (χ4v) is 2.79. The molecule has 0 saturated carbocycles. The van der Waals surface area contributed by atoms with E-state index in [0.29, 0.717) is 0 Å². The van der Waals surface area contributed by atoms with Gasteiger partial charge in [0.15, 0.2) is 22.7 Å². The van der Waals surface area contributed by atoms with E-state index in [2.05, 4.69) is 35.7 Å². The molecule has 0 radical (unpaired) electrons. The SMILES string of the molecule is NC(=O)c1ncn2c(=O)[nH]nnc12.NC(=O)c1ncn2c(=O)n(Cc3ccccc3)nnc12. The molecule has 5 rings (SSSR count). The van der Waals surface area contributed by atoms with Gasteiger partial charge in [-0.1, -0.05) is 40.8 Å². The molecule has 4 heterocycles. The second kappa shape index (κ2) is 8.46. The molecular weight excluding hydrogens is 436 g/mol. The van der Waals surface area contributed by atoms with E-state index >= 15 is 0 Å². The highest BCUT2D eigenvalue weighted by Crippen LogP contribution is 2.03. The van der Waals surface area contributed by atoms with Crippen LogP contribution in [0.4, 0.5) is 0 Å². The zero-order valence-corrected chi connectivity index (χ0v) is 16.6. The van der Waals surface area contributed by atoms with Gasteiger partial charge < -0.3 is 11.5 Å². The average molecular weight is 450 g/mol. The Labute approximate surface area is 181 Å². The Morgan fingerprint density at radius 2 is 1.48 bits per heavy atom. The van der Waals surface area contributed by atoms with E-state index in [9.17, 15) is 19.2 Å². The number of imidazole rings is 2. The Kier molecular flexibility index (Phi) is 5.37. The number of aromatic amines is 1. The van der Waals surface area contributed by atoms with Gasteiger partial charge in [-0.3, -0.25) is 9.59 Å². The Morgan fingerprint density at radius 3 is 2.12 bits per heavy atom. The van der Waals surface area contributed by atoms with Gasteiger partial charge in [0.2, 0.25) is 0 Å². The monoisotopic (exact) mass is 450 g/mol. The maximum atomic E-state index is 12.2. The van der Waals surface area contributed by atoms with Crippen molar-refractivity contribution < 1.29 is 9.59 Å². The number of amides is 2. The zero-order chi connectivity index (χ0) is 23.5. The second-order valence-corrected chi connectivity index (χ2v) is 6.43. The van der Waals surface area contributed by atoms with Gasteiger partial charge in [-0.2, -0.15) is 4.68 Å².